The van der Waals surface area contributed by atoms with Crippen LogP contribution in [0.4, 0.5) is 5.69 Å². The van der Waals surface area contributed by atoms with Crippen LogP contribution >= 0.6 is 11.6 Å². The van der Waals surface area contributed by atoms with Crippen molar-refractivity contribution in [2.75, 3.05) is 5.32 Å². The molecular weight excluding hydrogens is 310 g/mol. The first-order valence-electron chi connectivity index (χ1n) is 7.26. The minimum Gasteiger partial charge on any atom is -0.319 e. The first-order chi connectivity index (χ1) is 11.1. The zero-order chi connectivity index (χ0) is 16.2. The van der Waals surface area contributed by atoms with E-state index in [9.17, 15) is 4.79 Å². The molecule has 0 unspecified atom stereocenters. The number of hydrogen-bond donors (Lipinski definition) is 1. The molecule has 1 amide bonds. The van der Waals surface area contributed by atoms with Gasteiger partial charge < -0.3 is 5.32 Å². The highest BCUT2D eigenvalue weighted by Gasteiger charge is 2.08. The van der Waals surface area contributed by atoms with Gasteiger partial charge in [-0.2, -0.15) is 5.10 Å². The molecule has 0 saturated heterocycles. The molecule has 116 valence electrons. The molecule has 23 heavy (non-hydrogen) atoms. The van der Waals surface area contributed by atoms with E-state index in [1.807, 2.05) is 18.3 Å². The van der Waals surface area contributed by atoms with Gasteiger partial charge in [0.25, 0.3) is 5.91 Å². The van der Waals surface area contributed by atoms with Gasteiger partial charge in [-0.1, -0.05) is 35.9 Å². The number of hydrogen-bond acceptors (Lipinski definition) is 2. The quantitative estimate of drug-likeness (QED) is 0.783. The van der Waals surface area contributed by atoms with E-state index in [-0.39, 0.29) is 5.91 Å². The number of carbonyl (C=O) groups is 1. The van der Waals surface area contributed by atoms with Gasteiger partial charge in [-0.25, -0.2) is 0 Å². The van der Waals surface area contributed by atoms with Crippen molar-refractivity contribution < 1.29 is 4.79 Å². The molecule has 1 aromatic heterocycles. The van der Waals surface area contributed by atoms with E-state index in [1.54, 1.807) is 35.1 Å². The SMILES string of the molecule is Cc1ccccc1Cn1cc(NC(=O)c2ccc(Cl)cc2)cn1. The maximum absolute atomic E-state index is 12.2. The topological polar surface area (TPSA) is 46.9 Å². The van der Waals surface area contributed by atoms with E-state index in [1.165, 1.54) is 11.1 Å². The van der Waals surface area contributed by atoms with Crippen molar-refractivity contribution in [1.29, 1.82) is 0 Å². The molecule has 5 heteroatoms. The fraction of sp³-hybridized carbons (Fsp3) is 0.111. The monoisotopic (exact) mass is 325 g/mol. The Kier molecular flexibility index (Phi) is 4.44. The third-order valence-electron chi connectivity index (χ3n) is 3.59. The molecule has 0 fully saturated rings. The lowest BCUT2D eigenvalue weighted by Crippen LogP contribution is -2.11. The number of aromatic nitrogens is 2. The molecule has 0 aliphatic rings. The van der Waals surface area contributed by atoms with Crippen LogP contribution in [0.1, 0.15) is 21.5 Å². The molecule has 0 spiro atoms. The second-order valence-electron chi connectivity index (χ2n) is 5.31. The van der Waals surface area contributed by atoms with Gasteiger partial charge in [0, 0.05) is 16.8 Å². The van der Waals surface area contributed by atoms with Crippen LogP contribution in [0.5, 0.6) is 0 Å². The predicted octanol–water partition coefficient (Wildman–Crippen LogP) is 4.15. The van der Waals surface area contributed by atoms with Crippen LogP contribution < -0.4 is 5.32 Å². The number of aryl methyl sites for hydroxylation is 1. The van der Waals surface area contributed by atoms with Crippen LogP contribution in [0.2, 0.25) is 5.02 Å². The van der Waals surface area contributed by atoms with Crippen molar-refractivity contribution in [3.8, 4) is 0 Å². The van der Waals surface area contributed by atoms with Crippen LogP contribution in [-0.2, 0) is 6.54 Å². The molecule has 4 nitrogen and oxygen atoms in total. The smallest absolute Gasteiger partial charge is 0.255 e. The number of nitrogens with one attached hydrogen (secondary N) is 1. The maximum atomic E-state index is 12.2. The summed E-state index contributed by atoms with van der Waals surface area (Å²) in [6.07, 6.45) is 3.46. The average Bonchev–Trinajstić information content (AvgIpc) is 2.97. The summed E-state index contributed by atoms with van der Waals surface area (Å²) in [7, 11) is 0. The van der Waals surface area contributed by atoms with Crippen LogP contribution in [0.15, 0.2) is 60.9 Å². The van der Waals surface area contributed by atoms with Gasteiger partial charge in [0.1, 0.15) is 0 Å². The number of benzene rings is 2. The Hall–Kier alpha value is -2.59. The molecule has 0 aliphatic heterocycles. The molecule has 3 aromatic rings. The van der Waals surface area contributed by atoms with Gasteiger partial charge in [-0.3, -0.25) is 9.48 Å². The highest BCUT2D eigenvalue weighted by molar-refractivity contribution is 6.30. The van der Waals surface area contributed by atoms with Gasteiger partial charge in [0.2, 0.25) is 0 Å². The lowest BCUT2D eigenvalue weighted by molar-refractivity contribution is 0.102. The average molecular weight is 326 g/mol. The zero-order valence-corrected chi connectivity index (χ0v) is 13.4. The summed E-state index contributed by atoms with van der Waals surface area (Å²) in [5.41, 5.74) is 3.64. The Morgan fingerprint density at radius 3 is 2.65 bits per heavy atom. The first kappa shape index (κ1) is 15.3. The number of rotatable bonds is 4. The number of nitrogens with zero attached hydrogens (tertiary/aromatic N) is 2. The Labute approximate surface area is 139 Å². The molecule has 0 radical (unpaired) electrons. The second-order valence-corrected chi connectivity index (χ2v) is 5.75. The van der Waals surface area contributed by atoms with Crippen molar-refractivity contribution in [3.63, 3.8) is 0 Å². The fourth-order valence-electron chi connectivity index (χ4n) is 2.28. The van der Waals surface area contributed by atoms with Crippen LogP contribution in [-0.4, -0.2) is 15.7 Å². The Bertz CT molecular complexity index is 824. The standard InChI is InChI=1S/C18H16ClN3O/c1-13-4-2-3-5-15(13)11-22-12-17(10-20-22)21-18(23)14-6-8-16(19)9-7-14/h2-10,12H,11H2,1H3,(H,21,23). The summed E-state index contributed by atoms with van der Waals surface area (Å²) in [6.45, 7) is 2.74. The van der Waals surface area contributed by atoms with Gasteiger partial charge in [0.15, 0.2) is 0 Å². The van der Waals surface area contributed by atoms with Crippen molar-refractivity contribution in [2.45, 2.75) is 13.5 Å². The van der Waals surface area contributed by atoms with E-state index in [0.717, 1.165) is 0 Å². The molecule has 2 aromatic carbocycles. The molecule has 1 N–H and O–H groups in total. The van der Waals surface area contributed by atoms with E-state index in [4.69, 9.17) is 11.6 Å². The number of amides is 1. The second kappa shape index (κ2) is 6.67. The minimum atomic E-state index is -0.183. The molecular formula is C18H16ClN3O. The van der Waals surface area contributed by atoms with Crippen molar-refractivity contribution in [1.82, 2.24) is 9.78 Å². The number of anilines is 1. The first-order valence-corrected chi connectivity index (χ1v) is 7.63. The van der Waals surface area contributed by atoms with Gasteiger partial charge >= 0.3 is 0 Å². The van der Waals surface area contributed by atoms with E-state index in [0.29, 0.717) is 22.8 Å². The van der Waals surface area contributed by atoms with E-state index in [2.05, 4.69) is 29.5 Å². The summed E-state index contributed by atoms with van der Waals surface area (Å²) < 4.78 is 1.81. The largest absolute Gasteiger partial charge is 0.319 e. The third-order valence-corrected chi connectivity index (χ3v) is 3.84. The Morgan fingerprint density at radius 1 is 1.17 bits per heavy atom. The fourth-order valence-corrected chi connectivity index (χ4v) is 2.41. The van der Waals surface area contributed by atoms with Crippen molar-refractivity contribution in [3.05, 3.63) is 82.6 Å². The van der Waals surface area contributed by atoms with E-state index >= 15 is 0 Å². The number of carbonyl (C=O) groups excluding carboxylic acids is 1. The molecule has 0 atom stereocenters. The Morgan fingerprint density at radius 2 is 1.91 bits per heavy atom. The number of halogens is 1. The molecule has 0 saturated carbocycles. The van der Waals surface area contributed by atoms with Crippen LogP contribution in [0.3, 0.4) is 0 Å². The summed E-state index contributed by atoms with van der Waals surface area (Å²) in [5.74, 6) is -0.183. The third kappa shape index (κ3) is 3.79. The van der Waals surface area contributed by atoms with E-state index < -0.39 is 0 Å². The molecule has 1 heterocycles. The zero-order valence-electron chi connectivity index (χ0n) is 12.7. The highest BCUT2D eigenvalue weighted by Crippen LogP contribution is 2.14. The predicted molar refractivity (Wildman–Crippen MR) is 91.9 cm³/mol. The van der Waals surface area contributed by atoms with Crippen LogP contribution in [0.25, 0.3) is 0 Å². The minimum absolute atomic E-state index is 0.183. The molecule has 3 rings (SSSR count). The van der Waals surface area contributed by atoms with Gasteiger partial charge in [0.05, 0.1) is 18.4 Å². The summed E-state index contributed by atoms with van der Waals surface area (Å²) in [6, 6.07) is 14.9. The molecule has 0 bridgehead atoms. The van der Waals surface area contributed by atoms with Crippen LogP contribution in [0, 0.1) is 6.92 Å². The summed E-state index contributed by atoms with van der Waals surface area (Å²) >= 11 is 5.82. The van der Waals surface area contributed by atoms with Gasteiger partial charge in [-0.15, -0.1) is 0 Å². The Balaban J connectivity index is 1.68. The van der Waals surface area contributed by atoms with Crippen molar-refractivity contribution in [2.24, 2.45) is 0 Å². The maximum Gasteiger partial charge on any atom is 0.255 e. The summed E-state index contributed by atoms with van der Waals surface area (Å²) in [4.78, 5) is 12.2. The lowest BCUT2D eigenvalue weighted by Gasteiger charge is -2.05. The molecule has 0 aliphatic carbocycles. The summed E-state index contributed by atoms with van der Waals surface area (Å²) in [5, 5.41) is 7.73. The lowest BCUT2D eigenvalue weighted by atomic mass is 10.1. The van der Waals surface area contributed by atoms with Crippen molar-refractivity contribution >= 4 is 23.2 Å². The normalized spacial score (nSPS) is 10.5. The van der Waals surface area contributed by atoms with Gasteiger partial charge in [-0.05, 0) is 42.3 Å². The highest BCUT2D eigenvalue weighted by atomic mass is 35.5.